The predicted octanol–water partition coefficient (Wildman–Crippen LogP) is -0.201. The van der Waals surface area contributed by atoms with Crippen LogP contribution in [-0.2, 0) is 4.74 Å². The summed E-state index contributed by atoms with van der Waals surface area (Å²) in [4.78, 5) is 10.9. The fourth-order valence-corrected chi connectivity index (χ4v) is 0.687. The summed E-state index contributed by atoms with van der Waals surface area (Å²) >= 11 is 0. The molecule has 0 saturated carbocycles. The first-order valence-electron chi connectivity index (χ1n) is 3.66. The molecule has 1 aromatic rings. The van der Waals surface area contributed by atoms with Crippen molar-refractivity contribution in [1.29, 1.82) is 0 Å². The monoisotopic (exact) mass is 186 g/mol. The van der Waals surface area contributed by atoms with Crippen LogP contribution < -0.4 is 10.5 Å². The molecule has 0 atom stereocenters. The Balaban J connectivity index is 2.58. The van der Waals surface area contributed by atoms with Gasteiger partial charge in [-0.05, 0) is 5.16 Å². The van der Waals surface area contributed by atoms with E-state index in [-0.39, 0.29) is 11.6 Å². The SMILES string of the molecule is COC(=O)c1cc(OCCN)no1. The molecule has 0 bridgehead atoms. The van der Waals surface area contributed by atoms with E-state index in [1.165, 1.54) is 13.2 Å². The quantitative estimate of drug-likeness (QED) is 0.655. The molecule has 1 rings (SSSR count). The highest BCUT2D eigenvalue weighted by atomic mass is 16.6. The van der Waals surface area contributed by atoms with E-state index in [9.17, 15) is 4.79 Å². The lowest BCUT2D eigenvalue weighted by molar-refractivity contribution is 0.0554. The third-order valence-electron chi connectivity index (χ3n) is 1.24. The lowest BCUT2D eigenvalue weighted by Crippen LogP contribution is -2.10. The molecule has 0 aliphatic carbocycles. The Morgan fingerprint density at radius 3 is 3.15 bits per heavy atom. The molecule has 0 amide bonds. The molecule has 1 aromatic heterocycles. The Hall–Kier alpha value is -1.56. The van der Waals surface area contributed by atoms with E-state index in [4.69, 9.17) is 10.5 Å². The number of aromatic nitrogens is 1. The smallest absolute Gasteiger partial charge is 0.377 e. The number of nitrogens with two attached hydrogens (primary N) is 1. The molecule has 72 valence electrons. The van der Waals surface area contributed by atoms with Gasteiger partial charge in [0.1, 0.15) is 6.61 Å². The number of nitrogens with zero attached hydrogens (tertiary/aromatic N) is 1. The zero-order chi connectivity index (χ0) is 9.68. The minimum absolute atomic E-state index is 0.00882. The van der Waals surface area contributed by atoms with Crippen LogP contribution in [0, 0.1) is 0 Å². The van der Waals surface area contributed by atoms with Crippen LogP contribution in [0.3, 0.4) is 0 Å². The van der Waals surface area contributed by atoms with Crippen LogP contribution in [0.25, 0.3) is 0 Å². The topological polar surface area (TPSA) is 87.6 Å². The maximum absolute atomic E-state index is 10.9. The largest absolute Gasteiger partial charge is 0.474 e. The van der Waals surface area contributed by atoms with Crippen LogP contribution in [0.5, 0.6) is 5.88 Å². The number of esters is 1. The number of ether oxygens (including phenoxy) is 2. The van der Waals surface area contributed by atoms with E-state index in [1.54, 1.807) is 0 Å². The highest BCUT2D eigenvalue weighted by molar-refractivity contribution is 5.86. The van der Waals surface area contributed by atoms with E-state index in [1.807, 2.05) is 0 Å². The molecule has 0 radical (unpaired) electrons. The Kier molecular flexibility index (Phi) is 3.27. The van der Waals surface area contributed by atoms with E-state index in [0.717, 1.165) is 0 Å². The number of methoxy groups -OCH3 is 1. The van der Waals surface area contributed by atoms with E-state index < -0.39 is 5.97 Å². The van der Waals surface area contributed by atoms with Gasteiger partial charge in [-0.3, -0.25) is 0 Å². The number of hydrogen-bond acceptors (Lipinski definition) is 6. The second-order valence-electron chi connectivity index (χ2n) is 2.16. The van der Waals surface area contributed by atoms with Crippen molar-refractivity contribution in [3.63, 3.8) is 0 Å². The maximum Gasteiger partial charge on any atom is 0.377 e. The van der Waals surface area contributed by atoms with Gasteiger partial charge in [0.15, 0.2) is 0 Å². The molecule has 13 heavy (non-hydrogen) atoms. The van der Waals surface area contributed by atoms with Gasteiger partial charge in [-0.2, -0.15) is 0 Å². The molecule has 0 unspecified atom stereocenters. The molecular weight excluding hydrogens is 176 g/mol. The van der Waals surface area contributed by atoms with Crippen molar-refractivity contribution in [1.82, 2.24) is 5.16 Å². The molecule has 0 fully saturated rings. The molecular formula is C7H10N2O4. The van der Waals surface area contributed by atoms with Crippen LogP contribution >= 0.6 is 0 Å². The van der Waals surface area contributed by atoms with Gasteiger partial charge in [-0.15, -0.1) is 0 Å². The van der Waals surface area contributed by atoms with Crippen molar-refractivity contribution >= 4 is 5.97 Å². The van der Waals surface area contributed by atoms with Crippen molar-refractivity contribution in [3.8, 4) is 5.88 Å². The van der Waals surface area contributed by atoms with Gasteiger partial charge in [0.25, 0.3) is 5.88 Å². The zero-order valence-corrected chi connectivity index (χ0v) is 7.15. The fraction of sp³-hybridized carbons (Fsp3) is 0.429. The third-order valence-corrected chi connectivity index (χ3v) is 1.24. The summed E-state index contributed by atoms with van der Waals surface area (Å²) < 4.78 is 14.0. The number of carbonyl (C=O) groups is 1. The second-order valence-corrected chi connectivity index (χ2v) is 2.16. The molecule has 6 nitrogen and oxygen atoms in total. The molecule has 0 aromatic carbocycles. The number of rotatable bonds is 4. The first-order chi connectivity index (χ1) is 6.27. The predicted molar refractivity (Wildman–Crippen MR) is 42.4 cm³/mol. The van der Waals surface area contributed by atoms with Gasteiger partial charge < -0.3 is 19.7 Å². The lowest BCUT2D eigenvalue weighted by atomic mass is 10.4. The van der Waals surface area contributed by atoms with Crippen LogP contribution in [0.1, 0.15) is 10.6 Å². The van der Waals surface area contributed by atoms with Gasteiger partial charge >= 0.3 is 5.97 Å². The maximum atomic E-state index is 10.9. The summed E-state index contributed by atoms with van der Waals surface area (Å²) in [5.74, 6) is -0.351. The summed E-state index contributed by atoms with van der Waals surface area (Å²) in [5.41, 5.74) is 5.19. The first kappa shape index (κ1) is 9.53. The lowest BCUT2D eigenvalue weighted by Gasteiger charge is -1.95. The molecule has 6 heteroatoms. The highest BCUT2D eigenvalue weighted by Gasteiger charge is 2.13. The van der Waals surface area contributed by atoms with Crippen molar-refractivity contribution in [2.45, 2.75) is 0 Å². The first-order valence-corrected chi connectivity index (χ1v) is 3.66. The van der Waals surface area contributed by atoms with Gasteiger partial charge in [-0.25, -0.2) is 4.79 Å². The standard InChI is InChI=1S/C7H10N2O4/c1-11-7(10)5-4-6(9-13-5)12-3-2-8/h4H,2-3,8H2,1H3. The van der Waals surface area contributed by atoms with Crippen molar-refractivity contribution in [2.24, 2.45) is 5.73 Å². The van der Waals surface area contributed by atoms with Crippen LogP contribution in [0.15, 0.2) is 10.6 Å². The molecule has 2 N–H and O–H groups in total. The van der Waals surface area contributed by atoms with Gasteiger partial charge in [0, 0.05) is 6.54 Å². The number of hydrogen-bond donors (Lipinski definition) is 1. The minimum Gasteiger partial charge on any atom is -0.474 e. The molecule has 0 aliphatic heterocycles. The Morgan fingerprint density at radius 2 is 2.54 bits per heavy atom. The average Bonchev–Trinajstić information content (AvgIpc) is 2.62. The van der Waals surface area contributed by atoms with E-state index >= 15 is 0 Å². The average molecular weight is 186 g/mol. The minimum atomic E-state index is -0.588. The third kappa shape index (κ3) is 2.45. The van der Waals surface area contributed by atoms with Gasteiger partial charge in [0.2, 0.25) is 5.76 Å². The van der Waals surface area contributed by atoms with E-state index in [0.29, 0.717) is 13.2 Å². The fourth-order valence-electron chi connectivity index (χ4n) is 0.687. The molecule has 0 spiro atoms. The van der Waals surface area contributed by atoms with Gasteiger partial charge in [0.05, 0.1) is 13.2 Å². The Morgan fingerprint density at radius 1 is 1.77 bits per heavy atom. The van der Waals surface area contributed by atoms with E-state index in [2.05, 4.69) is 14.4 Å². The van der Waals surface area contributed by atoms with Crippen molar-refractivity contribution < 1.29 is 18.8 Å². The van der Waals surface area contributed by atoms with Crippen molar-refractivity contribution in [3.05, 3.63) is 11.8 Å². The highest BCUT2D eigenvalue weighted by Crippen LogP contribution is 2.11. The second kappa shape index (κ2) is 4.46. The van der Waals surface area contributed by atoms with Gasteiger partial charge in [-0.1, -0.05) is 0 Å². The summed E-state index contributed by atoms with van der Waals surface area (Å²) in [6.07, 6.45) is 0. The van der Waals surface area contributed by atoms with Crippen LogP contribution in [-0.4, -0.2) is 31.4 Å². The summed E-state index contributed by atoms with van der Waals surface area (Å²) in [5, 5.41) is 3.47. The van der Waals surface area contributed by atoms with Crippen LogP contribution in [0.2, 0.25) is 0 Å². The molecule has 1 heterocycles. The molecule has 0 aliphatic rings. The Labute approximate surface area is 74.6 Å². The molecule has 0 saturated heterocycles. The summed E-state index contributed by atoms with van der Waals surface area (Å²) in [6, 6.07) is 1.35. The summed E-state index contributed by atoms with van der Waals surface area (Å²) in [6.45, 7) is 0.702. The summed E-state index contributed by atoms with van der Waals surface area (Å²) in [7, 11) is 1.26. The van der Waals surface area contributed by atoms with Crippen LogP contribution in [0.4, 0.5) is 0 Å². The van der Waals surface area contributed by atoms with Crippen molar-refractivity contribution in [2.75, 3.05) is 20.3 Å². The number of carbonyl (C=O) groups excluding carboxylic acids is 1. The normalized spacial score (nSPS) is 9.69. The Bertz CT molecular complexity index is 284. The zero-order valence-electron chi connectivity index (χ0n) is 7.15.